The molecule has 3 heterocycles. The number of piperazine rings is 1. The van der Waals surface area contributed by atoms with E-state index in [1.807, 2.05) is 18.7 Å². The van der Waals surface area contributed by atoms with Crippen molar-refractivity contribution in [3.63, 3.8) is 0 Å². The van der Waals surface area contributed by atoms with Gasteiger partial charge in [0.1, 0.15) is 0 Å². The van der Waals surface area contributed by atoms with Crippen molar-refractivity contribution in [1.82, 2.24) is 25.0 Å². The maximum Gasteiger partial charge on any atom is 0.255 e. The van der Waals surface area contributed by atoms with Crippen molar-refractivity contribution in [2.24, 2.45) is 0 Å². The quantitative estimate of drug-likeness (QED) is 0.910. The molecule has 0 aromatic carbocycles. The Hall–Kier alpha value is -2.70. The van der Waals surface area contributed by atoms with Gasteiger partial charge in [0.15, 0.2) is 0 Å². The van der Waals surface area contributed by atoms with Gasteiger partial charge >= 0.3 is 0 Å². The Labute approximate surface area is 140 Å². The van der Waals surface area contributed by atoms with Gasteiger partial charge in [0.25, 0.3) is 5.91 Å². The van der Waals surface area contributed by atoms with Crippen molar-refractivity contribution in [2.45, 2.75) is 20.3 Å². The van der Waals surface area contributed by atoms with Crippen LogP contribution < -0.4 is 0 Å². The van der Waals surface area contributed by atoms with E-state index in [4.69, 9.17) is 0 Å². The first-order valence-corrected chi connectivity index (χ1v) is 8.04. The number of pyridine rings is 1. The van der Waals surface area contributed by atoms with E-state index in [0.29, 0.717) is 38.2 Å². The number of amides is 2. The molecule has 1 saturated heterocycles. The van der Waals surface area contributed by atoms with Gasteiger partial charge in [-0.05, 0) is 26.0 Å². The van der Waals surface area contributed by atoms with Gasteiger partial charge in [-0.2, -0.15) is 5.10 Å². The predicted molar refractivity (Wildman–Crippen MR) is 88.5 cm³/mol. The van der Waals surface area contributed by atoms with Crippen LogP contribution in [0.4, 0.5) is 0 Å². The molecule has 1 fully saturated rings. The third-order valence-corrected chi connectivity index (χ3v) is 4.44. The second kappa shape index (κ2) is 6.82. The fourth-order valence-corrected chi connectivity index (χ4v) is 2.93. The number of nitrogens with zero attached hydrogens (tertiary/aromatic N) is 4. The summed E-state index contributed by atoms with van der Waals surface area (Å²) in [4.78, 5) is 32.5. The smallest absolute Gasteiger partial charge is 0.255 e. The summed E-state index contributed by atoms with van der Waals surface area (Å²) in [7, 11) is 0. The minimum Gasteiger partial charge on any atom is -0.339 e. The highest BCUT2D eigenvalue weighted by atomic mass is 16.2. The van der Waals surface area contributed by atoms with E-state index in [1.165, 1.54) is 0 Å². The van der Waals surface area contributed by atoms with Gasteiger partial charge < -0.3 is 9.80 Å². The maximum atomic E-state index is 12.5. The minimum atomic E-state index is -0.0308. The molecule has 3 rings (SSSR count). The fraction of sp³-hybridized carbons (Fsp3) is 0.412. The van der Waals surface area contributed by atoms with Crippen molar-refractivity contribution in [2.75, 3.05) is 26.2 Å². The van der Waals surface area contributed by atoms with E-state index in [2.05, 4.69) is 15.2 Å². The normalized spacial score (nSPS) is 14.8. The molecular formula is C17H21N5O2. The minimum absolute atomic E-state index is 0.0308. The summed E-state index contributed by atoms with van der Waals surface area (Å²) >= 11 is 0. The van der Waals surface area contributed by atoms with E-state index in [1.54, 1.807) is 29.4 Å². The molecule has 1 N–H and O–H groups in total. The number of hydrogen-bond acceptors (Lipinski definition) is 4. The second-order valence-electron chi connectivity index (χ2n) is 6.00. The average molecular weight is 327 g/mol. The highest BCUT2D eigenvalue weighted by Crippen LogP contribution is 2.13. The number of aryl methyl sites for hydroxylation is 2. The van der Waals surface area contributed by atoms with Gasteiger partial charge in [0.05, 0.1) is 17.7 Å². The highest BCUT2D eigenvalue weighted by molar-refractivity contribution is 5.94. The molecule has 1 aliphatic heterocycles. The molecule has 0 radical (unpaired) electrons. The molecule has 24 heavy (non-hydrogen) atoms. The number of carbonyl (C=O) groups excluding carboxylic acids is 2. The number of aromatic amines is 1. The average Bonchev–Trinajstić information content (AvgIpc) is 2.94. The molecule has 0 atom stereocenters. The SMILES string of the molecule is Cc1n[nH]c(C)c1CC(=O)N1CCN(C(=O)c2cccnc2)CC1. The summed E-state index contributed by atoms with van der Waals surface area (Å²) in [6.07, 6.45) is 3.57. The molecule has 0 spiro atoms. The number of rotatable bonds is 3. The van der Waals surface area contributed by atoms with E-state index < -0.39 is 0 Å². The van der Waals surface area contributed by atoms with Gasteiger partial charge in [0.2, 0.25) is 5.91 Å². The molecule has 7 nitrogen and oxygen atoms in total. The lowest BCUT2D eigenvalue weighted by Crippen LogP contribution is -2.51. The van der Waals surface area contributed by atoms with Gasteiger partial charge in [-0.15, -0.1) is 0 Å². The number of carbonyl (C=O) groups is 2. The summed E-state index contributed by atoms with van der Waals surface area (Å²) in [6, 6.07) is 3.51. The maximum absolute atomic E-state index is 12.5. The standard InChI is InChI=1S/C17H21N5O2/c1-12-15(13(2)20-19-12)10-16(23)21-6-8-22(9-7-21)17(24)14-4-3-5-18-11-14/h3-5,11H,6-10H2,1-2H3,(H,19,20). The van der Waals surface area contributed by atoms with Gasteiger partial charge in [0, 0.05) is 49.8 Å². The molecule has 7 heteroatoms. The van der Waals surface area contributed by atoms with Crippen LogP contribution in [0.25, 0.3) is 0 Å². The van der Waals surface area contributed by atoms with Crippen LogP contribution in [-0.4, -0.2) is 63.0 Å². The lowest BCUT2D eigenvalue weighted by molar-refractivity contribution is -0.131. The number of aromatic nitrogens is 3. The third kappa shape index (κ3) is 3.29. The zero-order chi connectivity index (χ0) is 17.1. The number of nitrogens with one attached hydrogen (secondary N) is 1. The van der Waals surface area contributed by atoms with E-state index in [0.717, 1.165) is 17.0 Å². The first-order chi connectivity index (χ1) is 11.6. The lowest BCUT2D eigenvalue weighted by atomic mass is 10.1. The molecule has 2 amide bonds. The summed E-state index contributed by atoms with van der Waals surface area (Å²) in [6.45, 7) is 6.02. The second-order valence-corrected chi connectivity index (χ2v) is 6.00. The highest BCUT2D eigenvalue weighted by Gasteiger charge is 2.25. The van der Waals surface area contributed by atoms with Gasteiger partial charge in [-0.1, -0.05) is 0 Å². The van der Waals surface area contributed by atoms with Crippen molar-refractivity contribution in [3.05, 3.63) is 47.0 Å². The van der Waals surface area contributed by atoms with Crippen LogP contribution in [0, 0.1) is 13.8 Å². The van der Waals surface area contributed by atoms with E-state index in [-0.39, 0.29) is 11.8 Å². The topological polar surface area (TPSA) is 82.2 Å². The molecule has 126 valence electrons. The zero-order valence-electron chi connectivity index (χ0n) is 14.0. The van der Waals surface area contributed by atoms with Crippen LogP contribution in [0.3, 0.4) is 0 Å². The Morgan fingerprint density at radius 3 is 2.46 bits per heavy atom. The molecule has 0 saturated carbocycles. The monoisotopic (exact) mass is 327 g/mol. The summed E-state index contributed by atoms with van der Waals surface area (Å²) in [5.41, 5.74) is 3.35. The van der Waals surface area contributed by atoms with Crippen LogP contribution in [0.1, 0.15) is 27.3 Å². The third-order valence-electron chi connectivity index (χ3n) is 4.44. The lowest BCUT2D eigenvalue weighted by Gasteiger charge is -2.34. The zero-order valence-corrected chi connectivity index (χ0v) is 14.0. The molecular weight excluding hydrogens is 306 g/mol. The Balaban J connectivity index is 1.57. The van der Waals surface area contributed by atoms with E-state index in [9.17, 15) is 9.59 Å². The van der Waals surface area contributed by atoms with Crippen molar-refractivity contribution < 1.29 is 9.59 Å². The first-order valence-electron chi connectivity index (χ1n) is 8.04. The Morgan fingerprint density at radius 2 is 1.88 bits per heavy atom. The summed E-state index contributed by atoms with van der Waals surface area (Å²) < 4.78 is 0. The Kier molecular flexibility index (Phi) is 4.59. The predicted octanol–water partition coefficient (Wildman–Crippen LogP) is 0.949. The molecule has 2 aromatic rings. The molecule has 0 bridgehead atoms. The van der Waals surface area contributed by atoms with Crippen LogP contribution in [0.2, 0.25) is 0 Å². The molecule has 0 aliphatic carbocycles. The first kappa shape index (κ1) is 16.2. The Bertz CT molecular complexity index is 713. The number of hydrogen-bond donors (Lipinski definition) is 1. The van der Waals surface area contributed by atoms with E-state index >= 15 is 0 Å². The summed E-state index contributed by atoms with van der Waals surface area (Å²) in [5.74, 6) is 0.0489. The largest absolute Gasteiger partial charge is 0.339 e. The van der Waals surface area contributed by atoms with Crippen molar-refractivity contribution >= 4 is 11.8 Å². The molecule has 1 aliphatic rings. The van der Waals surface area contributed by atoms with Gasteiger partial charge in [-0.3, -0.25) is 19.7 Å². The van der Waals surface area contributed by atoms with Crippen molar-refractivity contribution in [1.29, 1.82) is 0 Å². The van der Waals surface area contributed by atoms with Gasteiger partial charge in [-0.25, -0.2) is 0 Å². The van der Waals surface area contributed by atoms with Crippen molar-refractivity contribution in [3.8, 4) is 0 Å². The number of H-pyrrole nitrogens is 1. The van der Waals surface area contributed by atoms with Crippen LogP contribution in [-0.2, 0) is 11.2 Å². The Morgan fingerprint density at radius 1 is 1.17 bits per heavy atom. The fourth-order valence-electron chi connectivity index (χ4n) is 2.93. The summed E-state index contributed by atoms with van der Waals surface area (Å²) in [5, 5.41) is 7.03. The van der Waals surface area contributed by atoms with Crippen LogP contribution in [0.5, 0.6) is 0 Å². The van der Waals surface area contributed by atoms with Crippen LogP contribution in [0.15, 0.2) is 24.5 Å². The van der Waals surface area contributed by atoms with Crippen LogP contribution >= 0.6 is 0 Å². The molecule has 0 unspecified atom stereocenters. The molecule has 2 aromatic heterocycles.